The van der Waals surface area contributed by atoms with Crippen molar-refractivity contribution in [2.24, 2.45) is 0 Å². The van der Waals surface area contributed by atoms with E-state index in [2.05, 4.69) is 12.1 Å². The molecular weight excluding hydrogens is 248 g/mol. The fourth-order valence-corrected chi connectivity index (χ4v) is 2.93. The third-order valence-electron chi connectivity index (χ3n) is 3.70. The zero-order valence-corrected chi connectivity index (χ0v) is 11.5. The Morgan fingerprint density at radius 3 is 2.39 bits per heavy atom. The van der Waals surface area contributed by atoms with E-state index in [1.54, 1.807) is 0 Å². The Morgan fingerprint density at radius 2 is 1.78 bits per heavy atom. The molecule has 0 bridgehead atoms. The Labute approximate surface area is 114 Å². The summed E-state index contributed by atoms with van der Waals surface area (Å²) < 4.78 is 5.97. The summed E-state index contributed by atoms with van der Waals surface area (Å²) in [6.45, 7) is 0.538. The minimum atomic E-state index is -0.0746. The number of hydrogen-bond donors (Lipinski definition) is 1. The van der Waals surface area contributed by atoms with Crippen LogP contribution in [0.1, 0.15) is 37.7 Å². The van der Waals surface area contributed by atoms with E-state index in [-0.39, 0.29) is 12.2 Å². The van der Waals surface area contributed by atoms with Crippen molar-refractivity contribution in [1.29, 1.82) is 0 Å². The molecule has 18 heavy (non-hydrogen) atoms. The SMILES string of the molecule is OCCOC1(Cc2ccc(Cl)cc2)CCCCC1. The van der Waals surface area contributed by atoms with E-state index < -0.39 is 0 Å². The highest BCUT2D eigenvalue weighted by Crippen LogP contribution is 2.34. The average Bonchev–Trinajstić information content (AvgIpc) is 2.40. The van der Waals surface area contributed by atoms with E-state index in [0.29, 0.717) is 6.61 Å². The van der Waals surface area contributed by atoms with Crippen LogP contribution in [0.4, 0.5) is 0 Å². The Bertz CT molecular complexity index is 355. The number of hydrogen-bond acceptors (Lipinski definition) is 2. The maximum atomic E-state index is 8.97. The van der Waals surface area contributed by atoms with Crippen molar-refractivity contribution in [3.8, 4) is 0 Å². The molecule has 1 aromatic rings. The molecule has 100 valence electrons. The van der Waals surface area contributed by atoms with Crippen LogP contribution in [-0.4, -0.2) is 23.9 Å². The second-order valence-corrected chi connectivity index (χ2v) is 5.56. The van der Waals surface area contributed by atoms with E-state index in [4.69, 9.17) is 21.4 Å². The fraction of sp³-hybridized carbons (Fsp3) is 0.600. The molecule has 0 aromatic heterocycles. The van der Waals surface area contributed by atoms with E-state index in [9.17, 15) is 0 Å². The van der Waals surface area contributed by atoms with Crippen molar-refractivity contribution >= 4 is 11.6 Å². The third kappa shape index (κ3) is 3.71. The molecule has 2 nitrogen and oxygen atoms in total. The molecule has 0 amide bonds. The summed E-state index contributed by atoms with van der Waals surface area (Å²) in [5.74, 6) is 0. The zero-order valence-electron chi connectivity index (χ0n) is 10.7. The monoisotopic (exact) mass is 268 g/mol. The Morgan fingerprint density at radius 1 is 1.11 bits per heavy atom. The Balaban J connectivity index is 2.06. The number of ether oxygens (including phenoxy) is 1. The lowest BCUT2D eigenvalue weighted by molar-refractivity contribution is -0.0799. The van der Waals surface area contributed by atoms with Crippen LogP contribution < -0.4 is 0 Å². The van der Waals surface area contributed by atoms with Gasteiger partial charge in [-0.05, 0) is 30.5 Å². The van der Waals surface area contributed by atoms with E-state index in [1.807, 2.05) is 12.1 Å². The van der Waals surface area contributed by atoms with Crippen LogP contribution in [0.3, 0.4) is 0 Å². The van der Waals surface area contributed by atoms with Crippen molar-refractivity contribution in [3.63, 3.8) is 0 Å². The second-order valence-electron chi connectivity index (χ2n) is 5.12. The summed E-state index contributed by atoms with van der Waals surface area (Å²) in [4.78, 5) is 0. The number of benzene rings is 1. The van der Waals surface area contributed by atoms with Gasteiger partial charge in [0.25, 0.3) is 0 Å². The molecule has 1 N–H and O–H groups in total. The van der Waals surface area contributed by atoms with E-state index in [1.165, 1.54) is 24.8 Å². The predicted octanol–water partition coefficient (Wildman–Crippen LogP) is 3.59. The lowest BCUT2D eigenvalue weighted by Crippen LogP contribution is -2.38. The quantitative estimate of drug-likeness (QED) is 0.884. The predicted molar refractivity (Wildman–Crippen MR) is 74.0 cm³/mol. The van der Waals surface area contributed by atoms with Crippen molar-refractivity contribution in [3.05, 3.63) is 34.9 Å². The van der Waals surface area contributed by atoms with Gasteiger partial charge in [0.15, 0.2) is 0 Å². The van der Waals surface area contributed by atoms with Gasteiger partial charge in [-0.25, -0.2) is 0 Å². The Hall–Kier alpha value is -0.570. The topological polar surface area (TPSA) is 29.5 Å². The van der Waals surface area contributed by atoms with Crippen LogP contribution >= 0.6 is 11.6 Å². The molecule has 2 rings (SSSR count). The normalized spacial score (nSPS) is 18.8. The number of rotatable bonds is 5. The van der Waals surface area contributed by atoms with Gasteiger partial charge in [0.1, 0.15) is 0 Å². The summed E-state index contributed by atoms with van der Waals surface area (Å²) >= 11 is 5.91. The Kier molecular flexibility index (Phi) is 5.04. The zero-order chi connectivity index (χ0) is 12.8. The van der Waals surface area contributed by atoms with Gasteiger partial charge < -0.3 is 9.84 Å². The average molecular weight is 269 g/mol. The first-order chi connectivity index (χ1) is 8.74. The van der Waals surface area contributed by atoms with Gasteiger partial charge in [0.2, 0.25) is 0 Å². The first-order valence-electron chi connectivity index (χ1n) is 6.73. The van der Waals surface area contributed by atoms with Gasteiger partial charge in [0, 0.05) is 11.4 Å². The molecule has 0 radical (unpaired) electrons. The minimum Gasteiger partial charge on any atom is -0.394 e. The fourth-order valence-electron chi connectivity index (χ4n) is 2.80. The maximum absolute atomic E-state index is 8.97. The molecule has 1 aliphatic carbocycles. The minimum absolute atomic E-state index is 0.0746. The molecule has 0 unspecified atom stereocenters. The largest absolute Gasteiger partial charge is 0.394 e. The van der Waals surface area contributed by atoms with Crippen LogP contribution in [0, 0.1) is 0 Å². The standard InChI is InChI=1S/C15H21ClO2/c16-14-6-4-13(5-7-14)12-15(18-11-10-17)8-2-1-3-9-15/h4-7,17H,1-3,8-12H2. The number of aliphatic hydroxyl groups is 1. The highest BCUT2D eigenvalue weighted by Gasteiger charge is 2.32. The molecule has 0 aliphatic heterocycles. The van der Waals surface area contributed by atoms with Crippen LogP contribution in [0.15, 0.2) is 24.3 Å². The van der Waals surface area contributed by atoms with Crippen molar-refractivity contribution in [1.82, 2.24) is 0 Å². The second kappa shape index (κ2) is 6.55. The summed E-state index contributed by atoms with van der Waals surface area (Å²) in [5, 5.41) is 9.74. The summed E-state index contributed by atoms with van der Waals surface area (Å²) in [7, 11) is 0. The summed E-state index contributed by atoms with van der Waals surface area (Å²) in [6, 6.07) is 8.00. The molecular formula is C15H21ClO2. The molecule has 3 heteroatoms. The van der Waals surface area contributed by atoms with E-state index in [0.717, 1.165) is 24.3 Å². The van der Waals surface area contributed by atoms with Crippen LogP contribution in [0.2, 0.25) is 5.02 Å². The molecule has 0 heterocycles. The first kappa shape index (κ1) is 13.9. The molecule has 0 spiro atoms. The van der Waals surface area contributed by atoms with Gasteiger partial charge in [-0.1, -0.05) is 43.0 Å². The lowest BCUT2D eigenvalue weighted by atomic mass is 9.80. The first-order valence-corrected chi connectivity index (χ1v) is 7.11. The van der Waals surface area contributed by atoms with Crippen molar-refractivity contribution < 1.29 is 9.84 Å². The third-order valence-corrected chi connectivity index (χ3v) is 3.96. The van der Waals surface area contributed by atoms with Crippen molar-refractivity contribution in [2.75, 3.05) is 13.2 Å². The lowest BCUT2D eigenvalue weighted by Gasteiger charge is -2.37. The van der Waals surface area contributed by atoms with Gasteiger partial charge >= 0.3 is 0 Å². The van der Waals surface area contributed by atoms with Crippen LogP contribution in [0.5, 0.6) is 0 Å². The van der Waals surface area contributed by atoms with Crippen LogP contribution in [-0.2, 0) is 11.2 Å². The summed E-state index contributed by atoms with van der Waals surface area (Å²) in [6.07, 6.45) is 6.85. The molecule has 1 saturated carbocycles. The highest BCUT2D eigenvalue weighted by atomic mass is 35.5. The van der Waals surface area contributed by atoms with Crippen LogP contribution in [0.25, 0.3) is 0 Å². The maximum Gasteiger partial charge on any atom is 0.0723 e. The molecule has 1 aliphatic rings. The number of aliphatic hydroxyl groups excluding tert-OH is 1. The van der Waals surface area contributed by atoms with Gasteiger partial charge in [-0.15, -0.1) is 0 Å². The molecule has 0 atom stereocenters. The highest BCUT2D eigenvalue weighted by molar-refractivity contribution is 6.30. The molecule has 1 aromatic carbocycles. The van der Waals surface area contributed by atoms with Gasteiger partial charge in [-0.3, -0.25) is 0 Å². The smallest absolute Gasteiger partial charge is 0.0723 e. The van der Waals surface area contributed by atoms with E-state index >= 15 is 0 Å². The summed E-state index contributed by atoms with van der Waals surface area (Å²) in [5.41, 5.74) is 1.19. The number of halogens is 1. The van der Waals surface area contributed by atoms with Crippen molar-refractivity contribution in [2.45, 2.75) is 44.1 Å². The van der Waals surface area contributed by atoms with Gasteiger partial charge in [0.05, 0.1) is 18.8 Å². The molecule has 1 fully saturated rings. The van der Waals surface area contributed by atoms with Gasteiger partial charge in [-0.2, -0.15) is 0 Å². The molecule has 0 saturated heterocycles.